The monoisotopic (exact) mass is 732 g/mol. The molecule has 0 spiro atoms. The third-order valence-corrected chi connectivity index (χ3v) is 14.7. The molecule has 0 radical (unpaired) electrons. The highest BCUT2D eigenvalue weighted by Crippen LogP contribution is 2.54. The van der Waals surface area contributed by atoms with E-state index >= 15 is 0 Å². The van der Waals surface area contributed by atoms with Crippen molar-refractivity contribution in [1.82, 2.24) is 0 Å². The Bertz CT molecular complexity index is 1620. The van der Waals surface area contributed by atoms with Crippen LogP contribution >= 0.6 is 70.2 Å². The number of benzene rings is 3. The van der Waals surface area contributed by atoms with Crippen molar-refractivity contribution in [2.24, 2.45) is 0 Å². The summed E-state index contributed by atoms with van der Waals surface area (Å²) < 4.78 is 0.167. The predicted molar refractivity (Wildman–Crippen MR) is 214 cm³/mol. The molecule has 6 heteroatoms. The second-order valence-electron chi connectivity index (χ2n) is 16.8. The zero-order valence-electron chi connectivity index (χ0n) is 30.0. The van der Waals surface area contributed by atoms with Crippen molar-refractivity contribution in [3.8, 4) is 0 Å². The molecular weight excluding hydrogens is 680 g/mol. The maximum Gasteiger partial charge on any atom is 0.0589 e. The summed E-state index contributed by atoms with van der Waals surface area (Å²) in [5.74, 6) is 0. The summed E-state index contributed by atoms with van der Waals surface area (Å²) in [7, 11) is 0. The first-order valence-electron chi connectivity index (χ1n) is 17.1. The van der Waals surface area contributed by atoms with Gasteiger partial charge in [0.1, 0.15) is 0 Å². The van der Waals surface area contributed by atoms with Gasteiger partial charge in [0.2, 0.25) is 0 Å². The Morgan fingerprint density at radius 2 is 1.04 bits per heavy atom. The molecule has 0 heterocycles. The maximum atomic E-state index is 7.40. The van der Waals surface area contributed by atoms with Crippen LogP contribution in [0.25, 0.3) is 10.8 Å². The van der Waals surface area contributed by atoms with Gasteiger partial charge in [-0.3, -0.25) is 0 Å². The minimum absolute atomic E-state index is 0.0320. The van der Waals surface area contributed by atoms with Gasteiger partial charge in [0, 0.05) is 44.0 Å². The minimum Gasteiger partial charge on any atom is -0.119 e. The number of hydrogen-bond acceptors (Lipinski definition) is 4. The lowest BCUT2D eigenvalue weighted by Gasteiger charge is -2.32. The van der Waals surface area contributed by atoms with Crippen molar-refractivity contribution < 1.29 is 0 Å². The van der Waals surface area contributed by atoms with Gasteiger partial charge >= 0.3 is 0 Å². The van der Waals surface area contributed by atoms with Crippen LogP contribution in [0.4, 0.5) is 0 Å². The van der Waals surface area contributed by atoms with E-state index in [0.717, 1.165) is 29.3 Å². The van der Waals surface area contributed by atoms with Gasteiger partial charge in [-0.2, -0.15) is 0 Å². The van der Waals surface area contributed by atoms with E-state index in [1.54, 1.807) is 11.1 Å². The zero-order chi connectivity index (χ0) is 33.8. The predicted octanol–water partition coefficient (Wildman–Crippen LogP) is 14.7. The fourth-order valence-corrected chi connectivity index (χ4v) is 12.7. The molecule has 0 N–H and O–H groups in total. The van der Waals surface area contributed by atoms with E-state index in [1.807, 2.05) is 35.3 Å². The largest absolute Gasteiger partial charge is 0.119 e. The second kappa shape index (κ2) is 13.9. The highest BCUT2D eigenvalue weighted by atomic mass is 35.5. The smallest absolute Gasteiger partial charge is 0.0589 e. The van der Waals surface area contributed by atoms with Crippen LogP contribution in [0.3, 0.4) is 0 Å². The topological polar surface area (TPSA) is 0 Å². The van der Waals surface area contributed by atoms with Crippen molar-refractivity contribution >= 4 is 81.0 Å². The molecule has 0 atom stereocenters. The van der Waals surface area contributed by atoms with Gasteiger partial charge in [-0.15, -0.1) is 47.0 Å². The SMILES string of the molecule is CC(C)(C)Sc1cc(CC(C)(C)Sc2c(Cl)c3c(c(Cl)c2SC(C)(C)C)CCCC3)c2ccc3c(c2c1SC(C)(C)C)CCCC3. The van der Waals surface area contributed by atoms with Crippen molar-refractivity contribution in [2.45, 2.75) is 173 Å². The number of fused-ring (bicyclic) bond motifs is 4. The van der Waals surface area contributed by atoms with Crippen LogP contribution in [0.5, 0.6) is 0 Å². The summed E-state index contributed by atoms with van der Waals surface area (Å²) in [6.07, 6.45) is 10.3. The molecule has 0 unspecified atom stereocenters. The summed E-state index contributed by atoms with van der Waals surface area (Å²) in [4.78, 5) is 5.29. The molecule has 0 aliphatic heterocycles. The number of thioether (sulfide) groups is 4. The van der Waals surface area contributed by atoms with Crippen LogP contribution in [0, 0.1) is 0 Å². The van der Waals surface area contributed by atoms with Gasteiger partial charge in [0.25, 0.3) is 0 Å². The Kier molecular flexibility index (Phi) is 11.2. The molecule has 5 rings (SSSR count). The van der Waals surface area contributed by atoms with Crippen LogP contribution in [-0.2, 0) is 32.1 Å². The Hall–Kier alpha value is -0.100. The van der Waals surface area contributed by atoms with Crippen LogP contribution in [0.2, 0.25) is 10.0 Å². The fraction of sp³-hybridized carbons (Fsp3) is 0.600. The van der Waals surface area contributed by atoms with Crippen LogP contribution in [-0.4, -0.2) is 19.0 Å². The molecule has 0 aromatic heterocycles. The standard InChI is InChI=1S/C40H54Cl2S4/c1-37(2,3)43-30-22-25(27-21-20-24-16-12-13-17-26(24)31(27)34(30)44-38(4,5)6)23-40(10,11)46-36-33(42)29-19-15-14-18-28(29)32(41)35(36)45-39(7,8)9/h20-22H,12-19,23H2,1-11H3. The molecule has 0 nitrogen and oxygen atoms in total. The summed E-state index contributed by atoms with van der Waals surface area (Å²) in [5.41, 5.74) is 7.20. The van der Waals surface area contributed by atoms with Crippen molar-refractivity contribution in [1.29, 1.82) is 0 Å². The molecule has 2 aliphatic rings. The first-order chi connectivity index (χ1) is 21.2. The Morgan fingerprint density at radius 3 is 1.59 bits per heavy atom. The van der Waals surface area contributed by atoms with Gasteiger partial charge < -0.3 is 0 Å². The van der Waals surface area contributed by atoms with Crippen molar-refractivity contribution in [2.75, 3.05) is 0 Å². The Balaban J connectivity index is 1.67. The number of rotatable bonds is 7. The first kappa shape index (κ1) is 37.2. The lowest BCUT2D eigenvalue weighted by atomic mass is 9.85. The molecular formula is C40H54Cl2S4. The van der Waals surface area contributed by atoms with E-state index in [2.05, 4.69) is 106 Å². The van der Waals surface area contributed by atoms with E-state index in [1.165, 1.54) is 85.6 Å². The molecule has 0 bridgehead atoms. The van der Waals surface area contributed by atoms with Crippen LogP contribution in [0.1, 0.15) is 130 Å². The third kappa shape index (κ3) is 8.79. The summed E-state index contributed by atoms with van der Waals surface area (Å²) >= 11 is 22.6. The molecule has 3 aromatic carbocycles. The molecule has 3 aromatic rings. The van der Waals surface area contributed by atoms with Gasteiger partial charge in [-0.25, -0.2) is 0 Å². The normalized spacial score (nSPS) is 16.1. The molecule has 46 heavy (non-hydrogen) atoms. The highest BCUT2D eigenvalue weighted by Gasteiger charge is 2.33. The highest BCUT2D eigenvalue weighted by molar-refractivity contribution is 8.04. The van der Waals surface area contributed by atoms with E-state index in [9.17, 15) is 0 Å². The van der Waals surface area contributed by atoms with Crippen molar-refractivity contribution in [3.63, 3.8) is 0 Å². The fourth-order valence-electron chi connectivity index (χ4n) is 6.86. The zero-order valence-corrected chi connectivity index (χ0v) is 34.8. The van der Waals surface area contributed by atoms with E-state index < -0.39 is 0 Å². The van der Waals surface area contributed by atoms with E-state index in [0.29, 0.717) is 0 Å². The quantitative estimate of drug-likeness (QED) is 0.222. The van der Waals surface area contributed by atoms with Gasteiger partial charge in [-0.1, -0.05) is 111 Å². The van der Waals surface area contributed by atoms with Crippen LogP contribution < -0.4 is 0 Å². The van der Waals surface area contributed by atoms with Gasteiger partial charge in [0.05, 0.1) is 10.0 Å². The Morgan fingerprint density at radius 1 is 0.565 bits per heavy atom. The Labute approximate surface area is 307 Å². The molecule has 0 fully saturated rings. The van der Waals surface area contributed by atoms with Crippen LogP contribution in [0.15, 0.2) is 37.8 Å². The molecule has 252 valence electrons. The molecule has 2 aliphatic carbocycles. The number of halogens is 2. The molecule has 0 saturated carbocycles. The average molecular weight is 734 g/mol. The summed E-state index contributed by atoms with van der Waals surface area (Å²) in [6, 6.07) is 7.45. The average Bonchev–Trinajstić information content (AvgIpc) is 2.93. The maximum absolute atomic E-state index is 7.40. The van der Waals surface area contributed by atoms with Gasteiger partial charge in [-0.05, 0) is 97.1 Å². The number of hydrogen-bond donors (Lipinski definition) is 0. The molecule has 0 saturated heterocycles. The number of aryl methyl sites for hydroxylation is 2. The second-order valence-corrected chi connectivity index (χ2v) is 24.8. The lowest BCUT2D eigenvalue weighted by Crippen LogP contribution is -2.20. The van der Waals surface area contributed by atoms with Crippen molar-refractivity contribution in [3.05, 3.63) is 56.1 Å². The third-order valence-electron chi connectivity index (χ3n) is 8.46. The summed E-state index contributed by atoms with van der Waals surface area (Å²) in [5, 5.41) is 4.87. The summed E-state index contributed by atoms with van der Waals surface area (Å²) in [6.45, 7) is 25.8. The lowest BCUT2D eigenvalue weighted by molar-refractivity contribution is 0.678. The minimum atomic E-state index is -0.103. The van der Waals surface area contributed by atoms with E-state index in [-0.39, 0.29) is 19.0 Å². The molecule has 0 amide bonds. The van der Waals surface area contributed by atoms with Gasteiger partial charge in [0.15, 0.2) is 0 Å². The van der Waals surface area contributed by atoms with E-state index in [4.69, 9.17) is 23.2 Å². The first-order valence-corrected chi connectivity index (χ1v) is 21.1.